The summed E-state index contributed by atoms with van der Waals surface area (Å²) in [5, 5.41) is 0. The summed E-state index contributed by atoms with van der Waals surface area (Å²) in [6.45, 7) is 1.51. The molecule has 0 aliphatic carbocycles. The number of rotatable bonds is 4. The molecule has 0 unspecified atom stereocenters. The Balaban J connectivity index is 2.73. The molecule has 1 aromatic carbocycles. The molecule has 2 aromatic rings. The standard InChI is InChI=1S/C14H16FN3O3/c1-7-12(15)13(16)18-14(17-7)11-9(20-3)5-8(19-2)6-10(11)21-4/h5-6H,1-4H3,(H2,16,17,18). The van der Waals surface area contributed by atoms with Gasteiger partial charge in [0.1, 0.15) is 22.8 Å². The fourth-order valence-electron chi connectivity index (χ4n) is 1.92. The van der Waals surface area contributed by atoms with Crippen LogP contribution in [0.4, 0.5) is 10.2 Å². The molecule has 6 nitrogen and oxygen atoms in total. The molecule has 1 heterocycles. The van der Waals surface area contributed by atoms with Gasteiger partial charge in [0.05, 0.1) is 27.0 Å². The number of hydrogen-bond donors (Lipinski definition) is 1. The number of methoxy groups -OCH3 is 3. The number of benzene rings is 1. The summed E-state index contributed by atoms with van der Waals surface area (Å²) >= 11 is 0. The van der Waals surface area contributed by atoms with Crippen molar-refractivity contribution in [3.8, 4) is 28.6 Å². The Morgan fingerprint density at radius 2 is 1.57 bits per heavy atom. The fourth-order valence-corrected chi connectivity index (χ4v) is 1.92. The summed E-state index contributed by atoms with van der Waals surface area (Å²) in [7, 11) is 4.53. The Morgan fingerprint density at radius 3 is 2.00 bits per heavy atom. The summed E-state index contributed by atoms with van der Waals surface area (Å²) in [4.78, 5) is 8.08. The molecule has 0 radical (unpaired) electrons. The van der Waals surface area contributed by atoms with Crippen molar-refractivity contribution < 1.29 is 18.6 Å². The number of anilines is 1. The third-order valence-electron chi connectivity index (χ3n) is 2.98. The molecule has 0 spiro atoms. The first kappa shape index (κ1) is 14.8. The zero-order valence-electron chi connectivity index (χ0n) is 12.2. The highest BCUT2D eigenvalue weighted by molar-refractivity contribution is 5.74. The smallest absolute Gasteiger partial charge is 0.186 e. The number of hydrogen-bond acceptors (Lipinski definition) is 6. The van der Waals surface area contributed by atoms with E-state index in [1.54, 1.807) is 12.1 Å². The second-order valence-electron chi connectivity index (χ2n) is 4.24. The second kappa shape index (κ2) is 5.82. The van der Waals surface area contributed by atoms with E-state index in [-0.39, 0.29) is 17.3 Å². The van der Waals surface area contributed by atoms with Crippen LogP contribution in [-0.2, 0) is 0 Å². The lowest BCUT2D eigenvalue weighted by atomic mass is 10.1. The average Bonchev–Trinajstić information content (AvgIpc) is 2.50. The van der Waals surface area contributed by atoms with E-state index in [0.717, 1.165) is 0 Å². The van der Waals surface area contributed by atoms with Gasteiger partial charge in [0.2, 0.25) is 0 Å². The van der Waals surface area contributed by atoms with Crippen LogP contribution < -0.4 is 19.9 Å². The summed E-state index contributed by atoms with van der Waals surface area (Å²) < 4.78 is 29.4. The first-order valence-corrected chi connectivity index (χ1v) is 6.11. The molecule has 21 heavy (non-hydrogen) atoms. The molecule has 2 N–H and O–H groups in total. The highest BCUT2D eigenvalue weighted by Gasteiger charge is 2.20. The van der Waals surface area contributed by atoms with Crippen LogP contribution in [0.3, 0.4) is 0 Å². The predicted molar refractivity (Wildman–Crippen MR) is 76.2 cm³/mol. The van der Waals surface area contributed by atoms with Crippen LogP contribution in [0, 0.1) is 12.7 Å². The summed E-state index contributed by atoms with van der Waals surface area (Å²) in [5.41, 5.74) is 6.20. The van der Waals surface area contributed by atoms with E-state index >= 15 is 0 Å². The van der Waals surface area contributed by atoms with Crippen LogP contribution >= 0.6 is 0 Å². The number of aryl methyl sites for hydroxylation is 1. The SMILES string of the molecule is COc1cc(OC)c(-c2nc(C)c(F)c(N)n2)c(OC)c1. The van der Waals surface area contributed by atoms with Crippen LogP contribution in [-0.4, -0.2) is 31.3 Å². The minimum Gasteiger partial charge on any atom is -0.496 e. The van der Waals surface area contributed by atoms with E-state index in [1.165, 1.54) is 28.3 Å². The molecule has 7 heteroatoms. The Labute approximate surface area is 121 Å². The van der Waals surface area contributed by atoms with Gasteiger partial charge in [-0.25, -0.2) is 14.4 Å². The van der Waals surface area contributed by atoms with Crippen LogP contribution in [0.2, 0.25) is 0 Å². The van der Waals surface area contributed by atoms with Crippen molar-refractivity contribution in [2.75, 3.05) is 27.1 Å². The third-order valence-corrected chi connectivity index (χ3v) is 2.98. The quantitative estimate of drug-likeness (QED) is 0.931. The minimum atomic E-state index is -0.634. The summed E-state index contributed by atoms with van der Waals surface area (Å²) in [6, 6.07) is 3.33. The van der Waals surface area contributed by atoms with Gasteiger partial charge in [-0.05, 0) is 6.92 Å². The highest BCUT2D eigenvalue weighted by Crippen LogP contribution is 2.40. The van der Waals surface area contributed by atoms with E-state index in [4.69, 9.17) is 19.9 Å². The molecule has 2 rings (SSSR count). The molecule has 0 aliphatic heterocycles. The van der Waals surface area contributed by atoms with Crippen molar-refractivity contribution in [1.29, 1.82) is 0 Å². The number of nitrogen functional groups attached to an aromatic ring is 1. The molecule has 0 bridgehead atoms. The fraction of sp³-hybridized carbons (Fsp3) is 0.286. The molecule has 0 saturated carbocycles. The summed E-state index contributed by atoms with van der Waals surface area (Å²) in [6.07, 6.45) is 0. The maximum atomic E-state index is 13.6. The summed E-state index contributed by atoms with van der Waals surface area (Å²) in [5.74, 6) is 0.804. The van der Waals surface area contributed by atoms with E-state index in [9.17, 15) is 4.39 Å². The van der Waals surface area contributed by atoms with E-state index in [1.807, 2.05) is 0 Å². The van der Waals surface area contributed by atoms with Crippen molar-refractivity contribution >= 4 is 5.82 Å². The van der Waals surface area contributed by atoms with E-state index < -0.39 is 5.82 Å². The van der Waals surface area contributed by atoms with E-state index in [0.29, 0.717) is 22.8 Å². The van der Waals surface area contributed by atoms with Gasteiger partial charge < -0.3 is 19.9 Å². The van der Waals surface area contributed by atoms with Gasteiger partial charge in [0.25, 0.3) is 0 Å². The molecule has 112 valence electrons. The molecule has 0 saturated heterocycles. The highest BCUT2D eigenvalue weighted by atomic mass is 19.1. The van der Waals surface area contributed by atoms with Gasteiger partial charge in [-0.15, -0.1) is 0 Å². The minimum absolute atomic E-state index is 0.150. The molecule has 0 atom stereocenters. The van der Waals surface area contributed by atoms with Crippen LogP contribution in [0.5, 0.6) is 17.2 Å². The lowest BCUT2D eigenvalue weighted by Crippen LogP contribution is -2.05. The van der Waals surface area contributed by atoms with Crippen molar-refractivity contribution in [2.45, 2.75) is 6.92 Å². The normalized spacial score (nSPS) is 10.3. The first-order chi connectivity index (χ1) is 10.0. The monoisotopic (exact) mass is 293 g/mol. The average molecular weight is 293 g/mol. The van der Waals surface area contributed by atoms with Crippen LogP contribution in [0.15, 0.2) is 12.1 Å². The number of nitrogens with two attached hydrogens (primary N) is 1. The van der Waals surface area contributed by atoms with Crippen molar-refractivity contribution in [3.05, 3.63) is 23.6 Å². The number of nitrogens with zero attached hydrogens (tertiary/aromatic N) is 2. The molecule has 0 aliphatic rings. The maximum Gasteiger partial charge on any atom is 0.186 e. The van der Waals surface area contributed by atoms with Gasteiger partial charge in [-0.3, -0.25) is 0 Å². The molecular formula is C14H16FN3O3. The van der Waals surface area contributed by atoms with Gasteiger partial charge in [-0.1, -0.05) is 0 Å². The van der Waals surface area contributed by atoms with Crippen molar-refractivity contribution in [3.63, 3.8) is 0 Å². The van der Waals surface area contributed by atoms with Gasteiger partial charge in [0.15, 0.2) is 17.5 Å². The molecule has 0 fully saturated rings. The van der Waals surface area contributed by atoms with Crippen molar-refractivity contribution in [1.82, 2.24) is 9.97 Å². The Kier molecular flexibility index (Phi) is 4.11. The topological polar surface area (TPSA) is 79.5 Å². The largest absolute Gasteiger partial charge is 0.496 e. The van der Waals surface area contributed by atoms with E-state index in [2.05, 4.69) is 9.97 Å². The lowest BCUT2D eigenvalue weighted by molar-refractivity contribution is 0.377. The lowest BCUT2D eigenvalue weighted by Gasteiger charge is -2.14. The number of aromatic nitrogens is 2. The number of ether oxygens (including phenoxy) is 3. The third kappa shape index (κ3) is 2.67. The maximum absolute atomic E-state index is 13.6. The Hall–Kier alpha value is -2.57. The molecule has 1 aromatic heterocycles. The van der Waals surface area contributed by atoms with Crippen molar-refractivity contribution in [2.24, 2.45) is 0 Å². The second-order valence-corrected chi connectivity index (χ2v) is 4.24. The zero-order chi connectivity index (χ0) is 15.6. The van der Waals surface area contributed by atoms with Gasteiger partial charge >= 0.3 is 0 Å². The Morgan fingerprint density at radius 1 is 1.00 bits per heavy atom. The predicted octanol–water partition coefficient (Wildman–Crippen LogP) is 2.20. The van der Waals surface area contributed by atoms with Crippen LogP contribution in [0.25, 0.3) is 11.4 Å². The van der Waals surface area contributed by atoms with Gasteiger partial charge in [-0.2, -0.15) is 0 Å². The molecule has 0 amide bonds. The zero-order valence-corrected chi connectivity index (χ0v) is 12.2. The van der Waals surface area contributed by atoms with Gasteiger partial charge in [0, 0.05) is 12.1 Å². The number of halogens is 1. The first-order valence-electron chi connectivity index (χ1n) is 6.11. The Bertz CT molecular complexity index is 628. The molecular weight excluding hydrogens is 277 g/mol. The van der Waals surface area contributed by atoms with Crippen LogP contribution in [0.1, 0.15) is 5.69 Å².